The van der Waals surface area contributed by atoms with Gasteiger partial charge in [0.2, 0.25) is 5.88 Å². The molecule has 1 heterocycles. The van der Waals surface area contributed by atoms with E-state index in [0.29, 0.717) is 17.5 Å². The Morgan fingerprint density at radius 1 is 1.57 bits per heavy atom. The standard InChI is InChI=1S/C9H11N3O2/c10-12-9(13)6-1-4-8(11-5-6)14-7-2-3-7/h1,4-5,7H,2-3,10H2,(H,12,13). The zero-order chi connectivity index (χ0) is 9.97. The molecule has 14 heavy (non-hydrogen) atoms. The molecule has 3 N–H and O–H groups in total. The van der Waals surface area contributed by atoms with Gasteiger partial charge in [-0.25, -0.2) is 10.8 Å². The molecule has 1 aromatic heterocycles. The van der Waals surface area contributed by atoms with Crippen molar-refractivity contribution in [1.82, 2.24) is 10.4 Å². The molecule has 0 aromatic carbocycles. The van der Waals surface area contributed by atoms with Crippen LogP contribution in [0.5, 0.6) is 5.88 Å². The number of hydrazine groups is 1. The predicted octanol–water partition coefficient (Wildman–Crippen LogP) is 0.226. The number of pyridine rings is 1. The third-order valence-corrected chi connectivity index (χ3v) is 1.94. The van der Waals surface area contributed by atoms with Gasteiger partial charge in [-0.3, -0.25) is 10.2 Å². The first-order chi connectivity index (χ1) is 6.79. The Labute approximate surface area is 81.2 Å². The molecule has 0 saturated heterocycles. The zero-order valence-corrected chi connectivity index (χ0v) is 7.56. The average molecular weight is 193 g/mol. The molecule has 1 aliphatic carbocycles. The number of aromatic nitrogens is 1. The number of ether oxygens (including phenoxy) is 1. The van der Waals surface area contributed by atoms with E-state index in [0.717, 1.165) is 12.8 Å². The topological polar surface area (TPSA) is 77.2 Å². The second kappa shape index (κ2) is 3.63. The SMILES string of the molecule is NNC(=O)c1ccc(OC2CC2)nc1. The van der Waals surface area contributed by atoms with Crippen LogP contribution in [0.2, 0.25) is 0 Å². The van der Waals surface area contributed by atoms with Gasteiger partial charge in [0.15, 0.2) is 0 Å². The van der Waals surface area contributed by atoms with Gasteiger partial charge in [0.25, 0.3) is 5.91 Å². The lowest BCUT2D eigenvalue weighted by Crippen LogP contribution is -2.30. The average Bonchev–Trinajstić information content (AvgIpc) is 3.02. The van der Waals surface area contributed by atoms with Gasteiger partial charge in [-0.05, 0) is 18.9 Å². The molecule has 5 heteroatoms. The summed E-state index contributed by atoms with van der Waals surface area (Å²) in [5.74, 6) is 5.18. The molecular weight excluding hydrogens is 182 g/mol. The van der Waals surface area contributed by atoms with E-state index in [1.807, 2.05) is 5.43 Å². The monoisotopic (exact) mass is 193 g/mol. The smallest absolute Gasteiger partial charge is 0.266 e. The van der Waals surface area contributed by atoms with Crippen molar-refractivity contribution in [2.45, 2.75) is 18.9 Å². The fraction of sp³-hybridized carbons (Fsp3) is 0.333. The number of hydrogen-bond donors (Lipinski definition) is 2. The molecule has 74 valence electrons. The molecule has 1 fully saturated rings. The Kier molecular flexibility index (Phi) is 2.32. The minimum atomic E-state index is -0.351. The van der Waals surface area contributed by atoms with Gasteiger partial charge in [-0.2, -0.15) is 0 Å². The maximum atomic E-state index is 11.0. The van der Waals surface area contributed by atoms with Crippen LogP contribution in [-0.4, -0.2) is 17.0 Å². The normalized spacial score (nSPS) is 14.9. The molecule has 2 rings (SSSR count). The number of amides is 1. The van der Waals surface area contributed by atoms with E-state index in [-0.39, 0.29) is 5.91 Å². The van der Waals surface area contributed by atoms with Crippen molar-refractivity contribution in [2.24, 2.45) is 5.84 Å². The summed E-state index contributed by atoms with van der Waals surface area (Å²) in [5.41, 5.74) is 2.46. The molecule has 0 atom stereocenters. The molecule has 0 unspecified atom stereocenters. The summed E-state index contributed by atoms with van der Waals surface area (Å²) in [6.07, 6.45) is 3.94. The number of nitrogen functional groups attached to an aromatic ring is 1. The summed E-state index contributed by atoms with van der Waals surface area (Å²) < 4.78 is 5.42. The largest absolute Gasteiger partial charge is 0.474 e. The summed E-state index contributed by atoms with van der Waals surface area (Å²) >= 11 is 0. The van der Waals surface area contributed by atoms with Crippen LogP contribution in [-0.2, 0) is 0 Å². The van der Waals surface area contributed by atoms with Crippen LogP contribution in [0, 0.1) is 0 Å². The van der Waals surface area contributed by atoms with Crippen molar-refractivity contribution in [3.63, 3.8) is 0 Å². The van der Waals surface area contributed by atoms with Gasteiger partial charge in [0.1, 0.15) is 6.10 Å². The number of nitrogens with two attached hydrogens (primary N) is 1. The van der Waals surface area contributed by atoms with Crippen molar-refractivity contribution in [2.75, 3.05) is 0 Å². The lowest BCUT2D eigenvalue weighted by atomic mass is 10.3. The van der Waals surface area contributed by atoms with E-state index in [4.69, 9.17) is 10.6 Å². The maximum Gasteiger partial charge on any atom is 0.266 e. The Morgan fingerprint density at radius 2 is 2.36 bits per heavy atom. The van der Waals surface area contributed by atoms with Crippen LogP contribution in [0.25, 0.3) is 0 Å². The third kappa shape index (κ3) is 2.00. The van der Waals surface area contributed by atoms with Crippen molar-refractivity contribution in [3.05, 3.63) is 23.9 Å². The number of hydrogen-bond acceptors (Lipinski definition) is 4. The second-order valence-corrected chi connectivity index (χ2v) is 3.18. The molecular formula is C9H11N3O2. The van der Waals surface area contributed by atoms with Crippen molar-refractivity contribution < 1.29 is 9.53 Å². The van der Waals surface area contributed by atoms with E-state index >= 15 is 0 Å². The number of rotatable bonds is 3. The van der Waals surface area contributed by atoms with Gasteiger partial charge in [0, 0.05) is 12.3 Å². The highest BCUT2D eigenvalue weighted by atomic mass is 16.5. The molecule has 1 aliphatic rings. The van der Waals surface area contributed by atoms with Gasteiger partial charge in [-0.1, -0.05) is 0 Å². The van der Waals surface area contributed by atoms with E-state index in [1.54, 1.807) is 12.1 Å². The molecule has 1 saturated carbocycles. The molecule has 1 amide bonds. The maximum absolute atomic E-state index is 11.0. The fourth-order valence-corrected chi connectivity index (χ4v) is 1.02. The summed E-state index contributed by atoms with van der Waals surface area (Å²) in [4.78, 5) is 15.0. The lowest BCUT2D eigenvalue weighted by Gasteiger charge is -2.03. The summed E-state index contributed by atoms with van der Waals surface area (Å²) in [7, 11) is 0. The van der Waals surface area contributed by atoms with Crippen LogP contribution in [0.3, 0.4) is 0 Å². The summed E-state index contributed by atoms with van der Waals surface area (Å²) in [5, 5.41) is 0. The highest BCUT2D eigenvalue weighted by Gasteiger charge is 2.23. The fourth-order valence-electron chi connectivity index (χ4n) is 1.02. The molecule has 0 spiro atoms. The van der Waals surface area contributed by atoms with Crippen molar-refractivity contribution in [1.29, 1.82) is 0 Å². The van der Waals surface area contributed by atoms with Crippen LogP contribution in [0.1, 0.15) is 23.2 Å². The molecule has 0 radical (unpaired) electrons. The lowest BCUT2D eigenvalue weighted by molar-refractivity contribution is 0.0953. The zero-order valence-electron chi connectivity index (χ0n) is 7.56. The van der Waals surface area contributed by atoms with E-state index < -0.39 is 0 Å². The number of carbonyl (C=O) groups is 1. The van der Waals surface area contributed by atoms with E-state index in [9.17, 15) is 4.79 Å². The number of carbonyl (C=O) groups excluding carboxylic acids is 1. The predicted molar refractivity (Wildman–Crippen MR) is 49.5 cm³/mol. The van der Waals surface area contributed by atoms with Gasteiger partial charge in [-0.15, -0.1) is 0 Å². The second-order valence-electron chi connectivity index (χ2n) is 3.18. The quantitative estimate of drug-likeness (QED) is 0.409. The molecule has 0 aliphatic heterocycles. The van der Waals surface area contributed by atoms with Crippen LogP contribution in [0.15, 0.2) is 18.3 Å². The Balaban J connectivity index is 2.04. The van der Waals surface area contributed by atoms with Crippen LogP contribution < -0.4 is 16.0 Å². The highest BCUT2D eigenvalue weighted by Crippen LogP contribution is 2.25. The summed E-state index contributed by atoms with van der Waals surface area (Å²) in [6, 6.07) is 3.30. The summed E-state index contributed by atoms with van der Waals surface area (Å²) in [6.45, 7) is 0. The van der Waals surface area contributed by atoms with Crippen LogP contribution in [0.4, 0.5) is 0 Å². The molecule has 0 bridgehead atoms. The minimum Gasteiger partial charge on any atom is -0.474 e. The van der Waals surface area contributed by atoms with E-state index in [1.165, 1.54) is 6.20 Å². The highest BCUT2D eigenvalue weighted by molar-refractivity contribution is 5.93. The Hall–Kier alpha value is -1.62. The van der Waals surface area contributed by atoms with Crippen LogP contribution >= 0.6 is 0 Å². The van der Waals surface area contributed by atoms with Gasteiger partial charge >= 0.3 is 0 Å². The molecule has 1 aromatic rings. The Morgan fingerprint density at radius 3 is 2.86 bits per heavy atom. The van der Waals surface area contributed by atoms with Crippen molar-refractivity contribution >= 4 is 5.91 Å². The van der Waals surface area contributed by atoms with E-state index in [2.05, 4.69) is 4.98 Å². The Bertz CT molecular complexity index is 332. The van der Waals surface area contributed by atoms with Crippen molar-refractivity contribution in [3.8, 4) is 5.88 Å². The number of nitrogens with one attached hydrogen (secondary N) is 1. The first-order valence-corrected chi connectivity index (χ1v) is 4.43. The van der Waals surface area contributed by atoms with Gasteiger partial charge < -0.3 is 4.74 Å². The first-order valence-electron chi connectivity index (χ1n) is 4.43. The first kappa shape index (κ1) is 8.96. The molecule has 5 nitrogen and oxygen atoms in total. The minimum absolute atomic E-state index is 0.316. The third-order valence-electron chi connectivity index (χ3n) is 1.94. The van der Waals surface area contributed by atoms with Gasteiger partial charge in [0.05, 0.1) is 5.56 Å². The number of nitrogens with zero attached hydrogens (tertiary/aromatic N) is 1.